The van der Waals surface area contributed by atoms with E-state index >= 15 is 0 Å². The Hall–Kier alpha value is -2.72. The van der Waals surface area contributed by atoms with Crippen molar-refractivity contribution in [3.8, 4) is 0 Å². The molecule has 36 heavy (non-hydrogen) atoms. The Morgan fingerprint density at radius 3 is 2.17 bits per heavy atom. The predicted octanol–water partition coefficient (Wildman–Crippen LogP) is 3.50. The monoisotopic (exact) mass is 531 g/mol. The highest BCUT2D eigenvalue weighted by atomic mass is 35.5. The van der Waals surface area contributed by atoms with Gasteiger partial charge in [0.25, 0.3) is 11.7 Å². The number of aliphatic hydroxyl groups is 1. The quantitative estimate of drug-likeness (QED) is 0.333. The van der Waals surface area contributed by atoms with Crippen LogP contribution in [-0.2, 0) is 19.6 Å². The Balaban J connectivity index is 1.72. The average Bonchev–Trinajstić information content (AvgIpc) is 3.13. The second kappa shape index (κ2) is 10.7. The van der Waals surface area contributed by atoms with Crippen LogP contribution in [0.1, 0.15) is 36.4 Å². The lowest BCUT2D eigenvalue weighted by Gasteiger charge is -2.31. The number of aliphatic hydroxyl groups excluding tert-OH is 1. The minimum absolute atomic E-state index is 0.0239. The topological polar surface area (TPSA) is 98.2 Å². The van der Waals surface area contributed by atoms with Gasteiger partial charge >= 0.3 is 0 Å². The number of hydrogen-bond donors (Lipinski definition) is 1. The normalized spacial score (nSPS) is 20.9. The van der Waals surface area contributed by atoms with E-state index in [4.69, 9.17) is 11.6 Å². The Labute approximate surface area is 216 Å². The Morgan fingerprint density at radius 2 is 1.58 bits per heavy atom. The number of carbonyl (C=O) groups is 2. The van der Waals surface area contributed by atoms with Crippen LogP contribution in [0, 0.1) is 0 Å². The first kappa shape index (κ1) is 26.3. The maximum absolute atomic E-state index is 13.2. The Morgan fingerprint density at radius 1 is 0.972 bits per heavy atom. The molecule has 2 saturated heterocycles. The van der Waals surface area contributed by atoms with E-state index in [0.29, 0.717) is 23.7 Å². The zero-order chi connectivity index (χ0) is 26.0. The molecule has 0 bridgehead atoms. The standard InChI is InChI=1S/C26H30ClN3O5S/c1-28(2)36(34,35)21-12-8-19(9-13-21)24(31)22-23(18-6-10-20(27)11-7-18)30(26(33)25(22)32)17-16-29-14-4-3-5-15-29/h6-13,23,31H,3-5,14-17H2,1-2H3/t23-/m1/s1. The molecule has 0 spiro atoms. The van der Waals surface area contributed by atoms with Crippen LogP contribution in [0.2, 0.25) is 5.02 Å². The van der Waals surface area contributed by atoms with Crippen LogP contribution in [0.25, 0.3) is 5.76 Å². The maximum atomic E-state index is 13.2. The summed E-state index contributed by atoms with van der Waals surface area (Å²) in [5.74, 6) is -1.78. The molecule has 0 aromatic heterocycles. The van der Waals surface area contributed by atoms with E-state index < -0.39 is 27.8 Å². The highest BCUT2D eigenvalue weighted by Crippen LogP contribution is 2.39. The highest BCUT2D eigenvalue weighted by molar-refractivity contribution is 7.89. The summed E-state index contributed by atoms with van der Waals surface area (Å²) in [6, 6.07) is 11.7. The van der Waals surface area contributed by atoms with E-state index in [1.54, 1.807) is 24.3 Å². The molecule has 2 aromatic rings. The van der Waals surface area contributed by atoms with E-state index in [2.05, 4.69) is 4.90 Å². The van der Waals surface area contributed by atoms with Gasteiger partial charge in [-0.1, -0.05) is 30.2 Å². The molecule has 1 atom stereocenters. The summed E-state index contributed by atoms with van der Waals surface area (Å²) < 4.78 is 25.9. The molecule has 8 nitrogen and oxygen atoms in total. The first-order valence-electron chi connectivity index (χ1n) is 11.9. The lowest BCUT2D eigenvalue weighted by atomic mass is 9.95. The maximum Gasteiger partial charge on any atom is 0.295 e. The minimum Gasteiger partial charge on any atom is -0.507 e. The molecule has 0 saturated carbocycles. The lowest BCUT2D eigenvalue weighted by molar-refractivity contribution is -0.140. The number of benzene rings is 2. The van der Waals surface area contributed by atoms with Gasteiger partial charge < -0.3 is 14.9 Å². The van der Waals surface area contributed by atoms with Gasteiger partial charge in [0, 0.05) is 37.8 Å². The number of likely N-dealkylation sites (tertiary alicyclic amines) is 2. The fourth-order valence-electron chi connectivity index (χ4n) is 4.69. The molecule has 10 heteroatoms. The number of carbonyl (C=O) groups excluding carboxylic acids is 2. The van der Waals surface area contributed by atoms with Crippen molar-refractivity contribution in [1.29, 1.82) is 0 Å². The van der Waals surface area contributed by atoms with Crippen molar-refractivity contribution in [3.05, 3.63) is 70.3 Å². The summed E-state index contributed by atoms with van der Waals surface area (Å²) >= 11 is 6.08. The van der Waals surface area contributed by atoms with Crippen LogP contribution in [0.4, 0.5) is 0 Å². The van der Waals surface area contributed by atoms with Gasteiger partial charge in [-0.2, -0.15) is 0 Å². The molecule has 2 aliphatic rings. The lowest BCUT2D eigenvalue weighted by Crippen LogP contribution is -2.39. The molecule has 192 valence electrons. The highest BCUT2D eigenvalue weighted by Gasteiger charge is 2.46. The van der Waals surface area contributed by atoms with Crippen molar-refractivity contribution in [2.24, 2.45) is 0 Å². The summed E-state index contributed by atoms with van der Waals surface area (Å²) in [7, 11) is -0.791. The van der Waals surface area contributed by atoms with Crippen molar-refractivity contribution < 1.29 is 23.1 Å². The molecule has 0 radical (unpaired) electrons. The number of piperidine rings is 1. The van der Waals surface area contributed by atoms with Gasteiger partial charge in [0.1, 0.15) is 5.76 Å². The van der Waals surface area contributed by atoms with Gasteiger partial charge in [-0.05, 0) is 67.9 Å². The second-order valence-corrected chi connectivity index (χ2v) is 11.8. The summed E-state index contributed by atoms with van der Waals surface area (Å²) in [6.45, 7) is 2.89. The van der Waals surface area contributed by atoms with Gasteiger partial charge in [0.2, 0.25) is 10.0 Å². The third kappa shape index (κ3) is 5.20. The van der Waals surface area contributed by atoms with Crippen LogP contribution in [-0.4, -0.2) is 79.6 Å². The number of rotatable bonds is 7. The molecule has 0 aliphatic carbocycles. The average molecular weight is 532 g/mol. The first-order chi connectivity index (χ1) is 17.1. The fraction of sp³-hybridized carbons (Fsp3) is 0.385. The minimum atomic E-state index is -3.65. The molecule has 2 aromatic carbocycles. The van der Waals surface area contributed by atoms with Crippen molar-refractivity contribution in [2.45, 2.75) is 30.2 Å². The van der Waals surface area contributed by atoms with Crippen LogP contribution >= 0.6 is 11.6 Å². The number of Topliss-reactive ketones (excluding diaryl/α,β-unsaturated/α-hetero) is 1. The van der Waals surface area contributed by atoms with Crippen molar-refractivity contribution in [3.63, 3.8) is 0 Å². The first-order valence-corrected chi connectivity index (χ1v) is 13.7. The third-order valence-electron chi connectivity index (χ3n) is 6.74. The summed E-state index contributed by atoms with van der Waals surface area (Å²) in [5, 5.41) is 11.7. The number of sulfonamides is 1. The molecule has 2 heterocycles. The van der Waals surface area contributed by atoms with Gasteiger partial charge in [-0.3, -0.25) is 9.59 Å². The van der Waals surface area contributed by atoms with E-state index in [0.717, 1.165) is 30.2 Å². The molecule has 2 fully saturated rings. The largest absolute Gasteiger partial charge is 0.507 e. The number of amides is 1. The van der Waals surface area contributed by atoms with Gasteiger partial charge in [0.15, 0.2) is 0 Å². The SMILES string of the molecule is CN(C)S(=O)(=O)c1ccc(C(O)=C2C(=O)C(=O)N(CCN3CCCCC3)[C@@H]2c2ccc(Cl)cc2)cc1. The van der Waals surface area contributed by atoms with Gasteiger partial charge in [0.05, 0.1) is 16.5 Å². The van der Waals surface area contributed by atoms with E-state index in [-0.39, 0.29) is 21.8 Å². The third-order valence-corrected chi connectivity index (χ3v) is 8.82. The molecular weight excluding hydrogens is 502 g/mol. The van der Waals surface area contributed by atoms with Crippen LogP contribution in [0.3, 0.4) is 0 Å². The summed E-state index contributed by atoms with van der Waals surface area (Å²) in [4.78, 5) is 30.2. The number of ketones is 1. The molecular formula is C26H30ClN3O5S. The summed E-state index contributed by atoms with van der Waals surface area (Å²) in [5.41, 5.74) is 0.885. The van der Waals surface area contributed by atoms with Crippen molar-refractivity contribution in [2.75, 3.05) is 40.3 Å². The number of hydrogen-bond acceptors (Lipinski definition) is 6. The van der Waals surface area contributed by atoms with Crippen LogP contribution < -0.4 is 0 Å². The molecule has 0 unspecified atom stereocenters. The van der Waals surface area contributed by atoms with Crippen LogP contribution in [0.15, 0.2) is 59.0 Å². The number of halogens is 1. The van der Waals surface area contributed by atoms with E-state index in [1.165, 1.54) is 49.7 Å². The van der Waals surface area contributed by atoms with Crippen molar-refractivity contribution in [1.82, 2.24) is 14.1 Å². The Bertz CT molecular complexity index is 1270. The molecule has 1 N–H and O–H groups in total. The smallest absolute Gasteiger partial charge is 0.295 e. The molecule has 1 amide bonds. The van der Waals surface area contributed by atoms with E-state index in [9.17, 15) is 23.1 Å². The van der Waals surface area contributed by atoms with Gasteiger partial charge in [-0.25, -0.2) is 12.7 Å². The fourth-order valence-corrected chi connectivity index (χ4v) is 5.71. The predicted molar refractivity (Wildman–Crippen MR) is 138 cm³/mol. The Kier molecular flexibility index (Phi) is 7.85. The van der Waals surface area contributed by atoms with E-state index in [1.807, 2.05) is 0 Å². The van der Waals surface area contributed by atoms with Gasteiger partial charge in [-0.15, -0.1) is 0 Å². The zero-order valence-corrected chi connectivity index (χ0v) is 21.9. The van der Waals surface area contributed by atoms with Crippen LogP contribution in [0.5, 0.6) is 0 Å². The second-order valence-electron chi connectivity index (χ2n) is 9.26. The van der Waals surface area contributed by atoms with Crippen molar-refractivity contribution >= 4 is 39.1 Å². The zero-order valence-electron chi connectivity index (χ0n) is 20.4. The number of nitrogens with zero attached hydrogens (tertiary/aromatic N) is 3. The molecule has 4 rings (SSSR count). The molecule has 2 aliphatic heterocycles. The summed E-state index contributed by atoms with van der Waals surface area (Å²) in [6.07, 6.45) is 3.42.